The van der Waals surface area contributed by atoms with Crippen LogP contribution < -0.4 is 10.9 Å². The van der Waals surface area contributed by atoms with Crippen LogP contribution in [0.2, 0.25) is 0 Å². The summed E-state index contributed by atoms with van der Waals surface area (Å²) in [5.74, 6) is -0.252. The Morgan fingerprint density at radius 2 is 1.95 bits per heavy atom. The van der Waals surface area contributed by atoms with Crippen molar-refractivity contribution in [2.24, 2.45) is 0 Å². The minimum Gasteiger partial charge on any atom is -0.352 e. The Kier molecular flexibility index (Phi) is 3.96. The molecule has 1 amide bonds. The van der Waals surface area contributed by atoms with Gasteiger partial charge < -0.3 is 10.3 Å². The molecule has 3 aromatic rings. The number of pyridine rings is 2. The molecular weight excluding hydrogens is 278 g/mol. The van der Waals surface area contributed by atoms with Crippen molar-refractivity contribution < 1.29 is 4.79 Å². The van der Waals surface area contributed by atoms with Crippen LogP contribution in [0.25, 0.3) is 10.9 Å². The van der Waals surface area contributed by atoms with Crippen LogP contribution in [-0.2, 0) is 6.42 Å². The van der Waals surface area contributed by atoms with Crippen LogP contribution in [0.3, 0.4) is 0 Å². The Hall–Kier alpha value is -2.95. The Labute approximate surface area is 127 Å². The highest BCUT2D eigenvalue weighted by atomic mass is 16.2. The number of amides is 1. The molecule has 2 N–H and O–H groups in total. The normalized spacial score (nSPS) is 10.5. The van der Waals surface area contributed by atoms with E-state index < -0.39 is 0 Å². The first-order chi connectivity index (χ1) is 10.7. The van der Waals surface area contributed by atoms with Crippen molar-refractivity contribution in [2.45, 2.75) is 6.42 Å². The Balaban J connectivity index is 1.76. The van der Waals surface area contributed by atoms with E-state index in [1.807, 2.05) is 36.4 Å². The summed E-state index contributed by atoms with van der Waals surface area (Å²) in [6, 6.07) is 14.3. The predicted octanol–water partition coefficient (Wildman–Crippen LogP) is 1.90. The average molecular weight is 293 g/mol. The maximum atomic E-state index is 12.3. The minimum atomic E-state index is -0.284. The smallest absolute Gasteiger partial charge is 0.252 e. The molecule has 0 bridgehead atoms. The second-order valence-electron chi connectivity index (χ2n) is 4.92. The van der Waals surface area contributed by atoms with Crippen molar-refractivity contribution in [3.05, 3.63) is 76.3 Å². The van der Waals surface area contributed by atoms with Gasteiger partial charge in [0, 0.05) is 41.8 Å². The summed E-state index contributed by atoms with van der Waals surface area (Å²) in [6.45, 7) is 0.469. The highest BCUT2D eigenvalue weighted by Gasteiger charge is 2.11. The molecule has 3 rings (SSSR count). The number of nitrogens with one attached hydrogen (secondary N) is 2. The SMILES string of the molecule is O=C(NCCc1ccccn1)c1cc(=O)[nH]c2ccccc12. The summed E-state index contributed by atoms with van der Waals surface area (Å²) in [5, 5.41) is 3.57. The molecule has 0 fully saturated rings. The quantitative estimate of drug-likeness (QED) is 0.771. The van der Waals surface area contributed by atoms with Crippen LogP contribution in [0.15, 0.2) is 59.5 Å². The Morgan fingerprint density at radius 1 is 1.14 bits per heavy atom. The topological polar surface area (TPSA) is 74.8 Å². The van der Waals surface area contributed by atoms with Crippen molar-refractivity contribution in [3.8, 4) is 0 Å². The van der Waals surface area contributed by atoms with Gasteiger partial charge in [-0.15, -0.1) is 0 Å². The van der Waals surface area contributed by atoms with Crippen LogP contribution in [0, 0.1) is 0 Å². The summed E-state index contributed by atoms with van der Waals surface area (Å²) in [4.78, 5) is 30.9. The molecule has 0 radical (unpaired) electrons. The molecule has 0 atom stereocenters. The Morgan fingerprint density at radius 3 is 2.77 bits per heavy atom. The monoisotopic (exact) mass is 293 g/mol. The van der Waals surface area contributed by atoms with E-state index >= 15 is 0 Å². The van der Waals surface area contributed by atoms with E-state index in [-0.39, 0.29) is 11.5 Å². The number of aromatic nitrogens is 2. The standard InChI is InChI=1S/C17H15N3O2/c21-16-11-14(13-6-1-2-7-15(13)20-16)17(22)19-10-8-12-5-3-4-9-18-12/h1-7,9,11H,8,10H2,(H,19,22)(H,20,21). The fourth-order valence-corrected chi connectivity index (χ4v) is 2.34. The molecule has 0 saturated carbocycles. The molecule has 0 aliphatic rings. The van der Waals surface area contributed by atoms with E-state index in [0.717, 1.165) is 11.1 Å². The molecule has 0 unspecified atom stereocenters. The van der Waals surface area contributed by atoms with Gasteiger partial charge in [0.25, 0.3) is 5.91 Å². The Bertz CT molecular complexity index is 856. The summed E-state index contributed by atoms with van der Waals surface area (Å²) < 4.78 is 0. The van der Waals surface area contributed by atoms with E-state index in [0.29, 0.717) is 24.0 Å². The van der Waals surface area contributed by atoms with Crippen molar-refractivity contribution in [3.63, 3.8) is 0 Å². The zero-order chi connectivity index (χ0) is 15.4. The minimum absolute atomic E-state index is 0.252. The molecule has 1 aromatic carbocycles. The third-order valence-corrected chi connectivity index (χ3v) is 3.39. The van der Waals surface area contributed by atoms with Gasteiger partial charge in [-0.3, -0.25) is 14.6 Å². The van der Waals surface area contributed by atoms with E-state index in [1.54, 1.807) is 12.3 Å². The first-order valence-corrected chi connectivity index (χ1v) is 7.04. The predicted molar refractivity (Wildman–Crippen MR) is 84.8 cm³/mol. The number of aromatic amines is 1. The van der Waals surface area contributed by atoms with Gasteiger partial charge >= 0.3 is 0 Å². The third kappa shape index (κ3) is 3.03. The first-order valence-electron chi connectivity index (χ1n) is 7.04. The van der Waals surface area contributed by atoms with E-state index in [1.165, 1.54) is 6.07 Å². The molecule has 110 valence electrons. The number of para-hydroxylation sites is 1. The maximum Gasteiger partial charge on any atom is 0.252 e. The zero-order valence-electron chi connectivity index (χ0n) is 11.9. The number of carbonyl (C=O) groups is 1. The van der Waals surface area contributed by atoms with Gasteiger partial charge in [0.1, 0.15) is 0 Å². The molecular formula is C17H15N3O2. The lowest BCUT2D eigenvalue weighted by molar-refractivity contribution is 0.0955. The second kappa shape index (κ2) is 6.22. The molecule has 2 aromatic heterocycles. The average Bonchev–Trinajstić information content (AvgIpc) is 2.55. The van der Waals surface area contributed by atoms with Crippen LogP contribution in [-0.4, -0.2) is 22.4 Å². The highest BCUT2D eigenvalue weighted by Crippen LogP contribution is 2.14. The maximum absolute atomic E-state index is 12.3. The molecule has 0 aliphatic heterocycles. The number of carbonyl (C=O) groups excluding carboxylic acids is 1. The van der Waals surface area contributed by atoms with Gasteiger partial charge in [0.05, 0.1) is 5.56 Å². The van der Waals surface area contributed by atoms with E-state index in [2.05, 4.69) is 15.3 Å². The van der Waals surface area contributed by atoms with Gasteiger partial charge in [0.2, 0.25) is 5.56 Å². The van der Waals surface area contributed by atoms with Crippen molar-refractivity contribution >= 4 is 16.8 Å². The lowest BCUT2D eigenvalue weighted by Crippen LogP contribution is -2.27. The van der Waals surface area contributed by atoms with Gasteiger partial charge in [-0.25, -0.2) is 0 Å². The molecule has 0 saturated heterocycles. The zero-order valence-corrected chi connectivity index (χ0v) is 11.9. The number of fused-ring (bicyclic) bond motifs is 1. The second-order valence-corrected chi connectivity index (χ2v) is 4.92. The van der Waals surface area contributed by atoms with Gasteiger partial charge in [-0.1, -0.05) is 24.3 Å². The van der Waals surface area contributed by atoms with E-state index in [4.69, 9.17) is 0 Å². The lowest BCUT2D eigenvalue weighted by atomic mass is 10.1. The number of benzene rings is 1. The van der Waals surface area contributed by atoms with Crippen molar-refractivity contribution in [2.75, 3.05) is 6.54 Å². The fraction of sp³-hybridized carbons (Fsp3) is 0.118. The number of H-pyrrole nitrogens is 1. The van der Waals surface area contributed by atoms with Crippen LogP contribution in [0.4, 0.5) is 0 Å². The summed E-state index contributed by atoms with van der Waals surface area (Å²) in [6.07, 6.45) is 2.37. The summed E-state index contributed by atoms with van der Waals surface area (Å²) in [5.41, 5.74) is 1.68. The lowest BCUT2D eigenvalue weighted by Gasteiger charge is -2.07. The molecule has 0 spiro atoms. The first kappa shape index (κ1) is 14.0. The molecule has 2 heterocycles. The van der Waals surface area contributed by atoms with E-state index in [9.17, 15) is 9.59 Å². The summed E-state index contributed by atoms with van der Waals surface area (Å²) in [7, 11) is 0. The molecule has 5 heteroatoms. The molecule has 22 heavy (non-hydrogen) atoms. The summed E-state index contributed by atoms with van der Waals surface area (Å²) >= 11 is 0. The molecule has 5 nitrogen and oxygen atoms in total. The largest absolute Gasteiger partial charge is 0.352 e. The third-order valence-electron chi connectivity index (χ3n) is 3.39. The number of hydrogen-bond donors (Lipinski definition) is 2. The fourth-order valence-electron chi connectivity index (χ4n) is 2.34. The van der Waals surface area contributed by atoms with Crippen LogP contribution in [0.1, 0.15) is 16.1 Å². The van der Waals surface area contributed by atoms with Crippen LogP contribution >= 0.6 is 0 Å². The van der Waals surface area contributed by atoms with Gasteiger partial charge in [-0.2, -0.15) is 0 Å². The number of hydrogen-bond acceptors (Lipinski definition) is 3. The van der Waals surface area contributed by atoms with Crippen molar-refractivity contribution in [1.29, 1.82) is 0 Å². The number of rotatable bonds is 4. The number of nitrogens with zero attached hydrogens (tertiary/aromatic N) is 1. The van der Waals surface area contributed by atoms with Gasteiger partial charge in [-0.05, 0) is 18.2 Å². The highest BCUT2D eigenvalue weighted by molar-refractivity contribution is 6.05. The van der Waals surface area contributed by atoms with Gasteiger partial charge in [0.15, 0.2) is 0 Å². The molecule has 0 aliphatic carbocycles. The van der Waals surface area contributed by atoms with Crippen molar-refractivity contribution in [1.82, 2.24) is 15.3 Å². The van der Waals surface area contributed by atoms with Crippen LogP contribution in [0.5, 0.6) is 0 Å².